The van der Waals surface area contributed by atoms with Crippen molar-refractivity contribution >= 4 is 16.0 Å². The molecule has 0 aromatic carbocycles. The van der Waals surface area contributed by atoms with E-state index in [1.165, 1.54) is 12.8 Å². The van der Waals surface area contributed by atoms with Crippen molar-refractivity contribution in [3.8, 4) is 0 Å². The van der Waals surface area contributed by atoms with E-state index in [0.717, 1.165) is 44.3 Å². The molecular weight excluding hydrogens is 340 g/mol. The van der Waals surface area contributed by atoms with Gasteiger partial charge in [0.05, 0.1) is 5.25 Å². The van der Waals surface area contributed by atoms with Crippen LogP contribution >= 0.6 is 0 Å². The molecule has 1 aromatic rings. The van der Waals surface area contributed by atoms with E-state index in [2.05, 4.69) is 20.2 Å². The first-order valence-electron chi connectivity index (χ1n) is 9.52. The van der Waals surface area contributed by atoms with Crippen molar-refractivity contribution in [3.63, 3.8) is 0 Å². The maximum Gasteiger partial charge on any atom is 0.321 e. The van der Waals surface area contributed by atoms with Gasteiger partial charge in [0.25, 0.3) is 0 Å². The second-order valence-corrected chi connectivity index (χ2v) is 10.1. The quantitative estimate of drug-likeness (QED) is 0.766. The molecule has 7 nitrogen and oxygen atoms in total. The predicted octanol–water partition coefficient (Wildman–Crippen LogP) is 3.03. The molecule has 0 unspecified atom stereocenters. The van der Waals surface area contributed by atoms with Crippen molar-refractivity contribution in [3.05, 3.63) is 5.82 Å². The summed E-state index contributed by atoms with van der Waals surface area (Å²) in [4.78, 5) is 4.51. The third-order valence-electron chi connectivity index (χ3n) is 5.53. The number of nitrogens with one attached hydrogen (secondary N) is 2. The van der Waals surface area contributed by atoms with Crippen molar-refractivity contribution in [1.29, 1.82) is 0 Å². The third kappa shape index (κ3) is 4.94. The molecule has 2 fully saturated rings. The Kier molecular flexibility index (Phi) is 5.99. The molecule has 142 valence electrons. The van der Waals surface area contributed by atoms with Crippen LogP contribution in [0.25, 0.3) is 0 Å². The Bertz CT molecular complexity index is 645. The van der Waals surface area contributed by atoms with Gasteiger partial charge in [-0.05, 0) is 58.3 Å². The third-order valence-corrected chi connectivity index (χ3v) is 7.34. The standard InChI is InChI=1S/C17H30N4O3S/c1-12(2)25(22,23)18-11-13-7-9-15(10-8-13)19-17-20-16(21-24-17)14-5-3-4-6-14/h12-15,18H,3-11H2,1-2H3,(H,19,20,21)/t13-,15-. The van der Waals surface area contributed by atoms with E-state index in [1.54, 1.807) is 13.8 Å². The summed E-state index contributed by atoms with van der Waals surface area (Å²) in [7, 11) is -3.16. The molecule has 0 radical (unpaired) electrons. The highest BCUT2D eigenvalue weighted by molar-refractivity contribution is 7.90. The van der Waals surface area contributed by atoms with Gasteiger partial charge in [0.15, 0.2) is 5.82 Å². The van der Waals surface area contributed by atoms with Crippen molar-refractivity contribution in [1.82, 2.24) is 14.9 Å². The predicted molar refractivity (Wildman–Crippen MR) is 96.9 cm³/mol. The molecule has 1 heterocycles. The molecule has 0 saturated heterocycles. The summed E-state index contributed by atoms with van der Waals surface area (Å²) in [5.74, 6) is 1.71. The van der Waals surface area contributed by atoms with Crippen LogP contribution in [-0.2, 0) is 10.0 Å². The fourth-order valence-corrected chi connectivity index (χ4v) is 4.53. The van der Waals surface area contributed by atoms with Gasteiger partial charge in [-0.2, -0.15) is 4.98 Å². The Labute approximate surface area is 150 Å². The monoisotopic (exact) mass is 370 g/mol. The molecule has 0 bridgehead atoms. The average molecular weight is 371 g/mol. The van der Waals surface area contributed by atoms with E-state index in [0.29, 0.717) is 30.4 Å². The fraction of sp³-hybridized carbons (Fsp3) is 0.882. The average Bonchev–Trinajstić information content (AvgIpc) is 3.25. The second kappa shape index (κ2) is 8.03. The lowest BCUT2D eigenvalue weighted by molar-refractivity contribution is 0.329. The van der Waals surface area contributed by atoms with Gasteiger partial charge in [-0.25, -0.2) is 13.1 Å². The minimum absolute atomic E-state index is 0.329. The molecule has 2 aliphatic carbocycles. The van der Waals surface area contributed by atoms with E-state index in [4.69, 9.17) is 4.52 Å². The highest BCUT2D eigenvalue weighted by Gasteiger charge is 2.26. The number of anilines is 1. The Balaban J connectivity index is 1.42. The summed E-state index contributed by atoms with van der Waals surface area (Å²) in [5.41, 5.74) is 0. The first-order chi connectivity index (χ1) is 11.9. The fourth-order valence-electron chi connectivity index (χ4n) is 3.73. The molecule has 25 heavy (non-hydrogen) atoms. The SMILES string of the molecule is CC(C)S(=O)(=O)NC[C@H]1CC[C@H](Nc2nc(C3CCCC3)no2)CC1. The van der Waals surface area contributed by atoms with Crippen molar-refractivity contribution < 1.29 is 12.9 Å². The van der Waals surface area contributed by atoms with Gasteiger partial charge in [0.2, 0.25) is 10.0 Å². The number of rotatable bonds is 7. The summed E-state index contributed by atoms with van der Waals surface area (Å²) >= 11 is 0. The zero-order valence-electron chi connectivity index (χ0n) is 15.2. The zero-order valence-corrected chi connectivity index (χ0v) is 16.0. The first-order valence-corrected chi connectivity index (χ1v) is 11.1. The smallest absolute Gasteiger partial charge is 0.321 e. The molecule has 3 rings (SSSR count). The highest BCUT2D eigenvalue weighted by atomic mass is 32.2. The lowest BCUT2D eigenvalue weighted by atomic mass is 9.86. The molecule has 0 spiro atoms. The summed E-state index contributed by atoms with van der Waals surface area (Å²) in [6, 6.07) is 0.862. The van der Waals surface area contributed by atoms with Gasteiger partial charge in [-0.1, -0.05) is 18.0 Å². The summed E-state index contributed by atoms with van der Waals surface area (Å²) in [6.07, 6.45) is 8.83. The Hall–Kier alpha value is -1.15. The largest absolute Gasteiger partial charge is 0.335 e. The number of hydrogen-bond acceptors (Lipinski definition) is 6. The minimum atomic E-state index is -3.16. The maximum atomic E-state index is 11.8. The maximum absolute atomic E-state index is 11.8. The summed E-state index contributed by atoms with van der Waals surface area (Å²) in [6.45, 7) is 3.94. The lowest BCUT2D eigenvalue weighted by Gasteiger charge is -2.28. The normalized spacial score (nSPS) is 25.6. The molecule has 8 heteroatoms. The molecule has 2 N–H and O–H groups in total. The second-order valence-electron chi connectivity index (χ2n) is 7.74. The summed E-state index contributed by atoms with van der Waals surface area (Å²) < 4.78 is 31.8. The van der Waals surface area contributed by atoms with E-state index in [-0.39, 0.29) is 5.25 Å². The van der Waals surface area contributed by atoms with E-state index in [1.807, 2.05) is 0 Å². The first kappa shape index (κ1) is 18.6. The lowest BCUT2D eigenvalue weighted by Crippen LogP contribution is -2.37. The van der Waals surface area contributed by atoms with Crippen LogP contribution in [0.2, 0.25) is 0 Å². The minimum Gasteiger partial charge on any atom is -0.335 e. The van der Waals surface area contributed by atoms with Crippen LogP contribution in [0.4, 0.5) is 6.01 Å². The number of sulfonamides is 1. The molecule has 0 amide bonds. The van der Waals surface area contributed by atoms with Crippen molar-refractivity contribution in [2.75, 3.05) is 11.9 Å². The van der Waals surface area contributed by atoms with Gasteiger partial charge < -0.3 is 9.84 Å². The molecule has 0 atom stereocenters. The molecule has 2 saturated carbocycles. The zero-order chi connectivity index (χ0) is 17.9. The van der Waals surface area contributed by atoms with Crippen LogP contribution in [0.3, 0.4) is 0 Å². The number of nitrogens with zero attached hydrogens (tertiary/aromatic N) is 2. The van der Waals surface area contributed by atoms with Gasteiger partial charge in [-0.15, -0.1) is 0 Å². The molecule has 2 aliphatic rings. The van der Waals surface area contributed by atoms with Gasteiger partial charge in [0.1, 0.15) is 0 Å². The highest BCUT2D eigenvalue weighted by Crippen LogP contribution is 2.33. The Morgan fingerprint density at radius 2 is 1.80 bits per heavy atom. The van der Waals surface area contributed by atoms with E-state index < -0.39 is 10.0 Å². The molecule has 0 aliphatic heterocycles. The van der Waals surface area contributed by atoms with Crippen LogP contribution in [-0.4, -0.2) is 36.4 Å². The Morgan fingerprint density at radius 3 is 2.44 bits per heavy atom. The molecule has 1 aromatic heterocycles. The van der Waals surface area contributed by atoms with E-state index in [9.17, 15) is 8.42 Å². The topological polar surface area (TPSA) is 97.1 Å². The van der Waals surface area contributed by atoms with Gasteiger partial charge >= 0.3 is 6.01 Å². The molecular formula is C17H30N4O3S. The number of aromatic nitrogens is 2. The van der Waals surface area contributed by atoms with Crippen LogP contribution in [0.1, 0.15) is 77.0 Å². The Morgan fingerprint density at radius 1 is 1.12 bits per heavy atom. The van der Waals surface area contributed by atoms with Crippen LogP contribution in [0, 0.1) is 5.92 Å². The van der Waals surface area contributed by atoms with Crippen molar-refractivity contribution in [2.45, 2.75) is 82.4 Å². The van der Waals surface area contributed by atoms with Crippen LogP contribution in [0.5, 0.6) is 0 Å². The van der Waals surface area contributed by atoms with Crippen LogP contribution < -0.4 is 10.0 Å². The van der Waals surface area contributed by atoms with Gasteiger partial charge in [0, 0.05) is 18.5 Å². The summed E-state index contributed by atoms with van der Waals surface area (Å²) in [5, 5.41) is 7.11. The van der Waals surface area contributed by atoms with Crippen molar-refractivity contribution in [2.24, 2.45) is 5.92 Å². The van der Waals surface area contributed by atoms with Crippen LogP contribution in [0.15, 0.2) is 4.52 Å². The van der Waals surface area contributed by atoms with Gasteiger partial charge in [-0.3, -0.25) is 0 Å². The van der Waals surface area contributed by atoms with E-state index >= 15 is 0 Å². The number of hydrogen-bond donors (Lipinski definition) is 2.